The number of aromatic nitrogens is 2. The molecule has 182 valence electrons. The van der Waals surface area contributed by atoms with Crippen LogP contribution in [-0.2, 0) is 24.6 Å². The van der Waals surface area contributed by atoms with Crippen molar-refractivity contribution in [2.75, 3.05) is 13.2 Å². The maximum atomic E-state index is 13.6. The van der Waals surface area contributed by atoms with Gasteiger partial charge in [-0.1, -0.05) is 36.4 Å². The highest BCUT2D eigenvalue weighted by Gasteiger charge is 2.54. The quantitative estimate of drug-likeness (QED) is 0.474. The predicted molar refractivity (Wildman–Crippen MR) is 134 cm³/mol. The number of benzene rings is 1. The van der Waals surface area contributed by atoms with Gasteiger partial charge in [0.25, 0.3) is 0 Å². The molecule has 0 saturated heterocycles. The zero-order chi connectivity index (χ0) is 25.0. The van der Waals surface area contributed by atoms with Crippen molar-refractivity contribution in [1.82, 2.24) is 15.3 Å². The number of allylic oxidation sites excluding steroid dienone is 1. The molecule has 1 N–H and O–H groups in total. The van der Waals surface area contributed by atoms with E-state index in [1.54, 1.807) is 20.0 Å². The minimum absolute atomic E-state index is 0.224. The molecule has 0 amide bonds. The molecule has 35 heavy (non-hydrogen) atoms. The van der Waals surface area contributed by atoms with Gasteiger partial charge in [-0.15, -0.1) is 11.3 Å². The largest absolute Gasteiger partial charge is 0.466 e. The summed E-state index contributed by atoms with van der Waals surface area (Å²) >= 11 is 1.45. The fourth-order valence-electron chi connectivity index (χ4n) is 4.71. The average molecular weight is 492 g/mol. The molecule has 3 unspecified atom stereocenters. The van der Waals surface area contributed by atoms with Crippen LogP contribution in [0, 0.1) is 5.92 Å². The van der Waals surface area contributed by atoms with Gasteiger partial charge in [0.1, 0.15) is 10.5 Å². The van der Waals surface area contributed by atoms with Gasteiger partial charge in [-0.3, -0.25) is 9.78 Å². The molecule has 0 bridgehead atoms. The minimum Gasteiger partial charge on any atom is -0.466 e. The Balaban J connectivity index is 1.91. The lowest BCUT2D eigenvalue weighted by molar-refractivity contribution is -0.152. The molecule has 0 radical (unpaired) electrons. The van der Waals surface area contributed by atoms with E-state index in [0.29, 0.717) is 16.3 Å². The lowest BCUT2D eigenvalue weighted by Crippen LogP contribution is -2.55. The van der Waals surface area contributed by atoms with Crippen LogP contribution in [0.1, 0.15) is 44.2 Å². The average Bonchev–Trinajstić information content (AvgIpc) is 3.36. The Morgan fingerprint density at radius 1 is 1.03 bits per heavy atom. The number of pyridine rings is 1. The smallest absolute Gasteiger partial charge is 0.336 e. The van der Waals surface area contributed by atoms with Gasteiger partial charge in [0.15, 0.2) is 0 Å². The van der Waals surface area contributed by atoms with Crippen molar-refractivity contribution in [3.63, 3.8) is 0 Å². The van der Waals surface area contributed by atoms with Crippen LogP contribution in [-0.4, -0.2) is 35.1 Å². The van der Waals surface area contributed by atoms with Gasteiger partial charge in [0.2, 0.25) is 0 Å². The van der Waals surface area contributed by atoms with E-state index in [2.05, 4.69) is 10.3 Å². The highest BCUT2D eigenvalue weighted by Crippen LogP contribution is 2.49. The molecule has 3 atom stereocenters. The van der Waals surface area contributed by atoms with E-state index in [9.17, 15) is 9.59 Å². The predicted octanol–water partition coefficient (Wildman–Crippen LogP) is 4.82. The van der Waals surface area contributed by atoms with E-state index in [4.69, 9.17) is 14.5 Å². The van der Waals surface area contributed by atoms with Gasteiger partial charge in [-0.25, -0.2) is 9.78 Å². The van der Waals surface area contributed by atoms with Gasteiger partial charge in [-0.2, -0.15) is 0 Å². The first-order valence-corrected chi connectivity index (χ1v) is 12.5. The Bertz CT molecular complexity index is 1230. The molecule has 3 aromatic rings. The van der Waals surface area contributed by atoms with Crippen molar-refractivity contribution in [2.24, 2.45) is 5.92 Å². The summed E-state index contributed by atoms with van der Waals surface area (Å²) in [4.78, 5) is 36.1. The Morgan fingerprint density at radius 2 is 1.74 bits per heavy atom. The molecule has 8 heteroatoms. The van der Waals surface area contributed by atoms with Crippen molar-refractivity contribution in [1.29, 1.82) is 0 Å². The summed E-state index contributed by atoms with van der Waals surface area (Å²) in [5.41, 5.74) is 2.45. The summed E-state index contributed by atoms with van der Waals surface area (Å²) in [6, 6.07) is 15.2. The van der Waals surface area contributed by atoms with Crippen molar-refractivity contribution in [2.45, 2.75) is 39.2 Å². The summed E-state index contributed by atoms with van der Waals surface area (Å²) in [7, 11) is 0. The van der Waals surface area contributed by atoms with Crippen molar-refractivity contribution in [3.05, 3.63) is 81.9 Å². The SMILES string of the molecule is CCOC(=O)C1=C(C)NC(C)(c2nc(-c3ccccn3)cs2)C(C(=O)OCC)C1c1ccccc1. The van der Waals surface area contributed by atoms with E-state index in [1.807, 2.05) is 67.8 Å². The molecular weight excluding hydrogens is 462 g/mol. The van der Waals surface area contributed by atoms with E-state index < -0.39 is 29.3 Å². The minimum atomic E-state index is -0.940. The van der Waals surface area contributed by atoms with E-state index in [1.165, 1.54) is 11.3 Å². The fraction of sp³-hybridized carbons (Fsp3) is 0.333. The number of ether oxygens (including phenoxy) is 2. The molecule has 0 saturated carbocycles. The summed E-state index contributed by atoms with van der Waals surface area (Å²) in [5.74, 6) is -2.20. The molecule has 1 aliphatic heterocycles. The van der Waals surface area contributed by atoms with Crippen LogP contribution in [0.2, 0.25) is 0 Å². The van der Waals surface area contributed by atoms with Crippen molar-refractivity contribution >= 4 is 23.3 Å². The van der Waals surface area contributed by atoms with E-state index in [0.717, 1.165) is 17.0 Å². The molecule has 3 heterocycles. The van der Waals surface area contributed by atoms with Gasteiger partial charge < -0.3 is 14.8 Å². The molecule has 1 aliphatic rings. The van der Waals surface area contributed by atoms with Crippen LogP contribution in [0.4, 0.5) is 0 Å². The first kappa shape index (κ1) is 24.6. The van der Waals surface area contributed by atoms with Crippen molar-refractivity contribution in [3.8, 4) is 11.4 Å². The second kappa shape index (κ2) is 10.4. The number of esters is 2. The molecular formula is C27H29N3O4S. The molecule has 0 aliphatic carbocycles. The number of thiazole rings is 1. The third-order valence-electron chi connectivity index (χ3n) is 6.19. The summed E-state index contributed by atoms with van der Waals surface area (Å²) in [6.45, 7) is 7.79. The summed E-state index contributed by atoms with van der Waals surface area (Å²) in [6.07, 6.45) is 1.72. The standard InChI is InChI=1S/C27H29N3O4S/c1-5-33-24(31)21-17(3)30-27(4,26-29-20(16-35-26)19-14-10-11-15-28-19)23(25(32)34-6-2)22(21)18-12-8-7-9-13-18/h7-16,22-23,30H,5-6H2,1-4H3. The molecule has 4 rings (SSSR count). The van der Waals surface area contributed by atoms with Gasteiger partial charge in [0, 0.05) is 23.2 Å². The Morgan fingerprint density at radius 3 is 2.40 bits per heavy atom. The second-order valence-corrected chi connectivity index (χ2v) is 9.32. The zero-order valence-electron chi connectivity index (χ0n) is 20.3. The number of hydrogen-bond donors (Lipinski definition) is 1. The highest BCUT2D eigenvalue weighted by molar-refractivity contribution is 7.10. The van der Waals surface area contributed by atoms with E-state index in [-0.39, 0.29) is 13.2 Å². The monoisotopic (exact) mass is 491 g/mol. The van der Waals surface area contributed by atoms with Crippen molar-refractivity contribution < 1.29 is 19.1 Å². The third kappa shape index (κ3) is 4.71. The number of nitrogens with one attached hydrogen (secondary N) is 1. The fourth-order valence-corrected chi connectivity index (χ4v) is 5.68. The lowest BCUT2D eigenvalue weighted by Gasteiger charge is -2.45. The Labute approximate surface area is 209 Å². The molecule has 0 spiro atoms. The van der Waals surface area contributed by atoms with E-state index >= 15 is 0 Å². The number of hydrogen-bond acceptors (Lipinski definition) is 8. The number of rotatable bonds is 7. The maximum Gasteiger partial charge on any atom is 0.336 e. The number of carbonyl (C=O) groups is 2. The molecule has 2 aromatic heterocycles. The van der Waals surface area contributed by atoms with Crippen LogP contribution in [0.5, 0.6) is 0 Å². The molecule has 7 nitrogen and oxygen atoms in total. The molecule has 0 fully saturated rings. The van der Waals surface area contributed by atoms with Crippen LogP contribution in [0.15, 0.2) is 71.4 Å². The van der Waals surface area contributed by atoms with Crippen LogP contribution in [0.25, 0.3) is 11.4 Å². The lowest BCUT2D eigenvalue weighted by atomic mass is 9.67. The van der Waals surface area contributed by atoms with Crippen LogP contribution >= 0.6 is 11.3 Å². The third-order valence-corrected chi connectivity index (χ3v) is 7.27. The normalized spacial score (nSPS) is 21.8. The van der Waals surface area contributed by atoms with Gasteiger partial charge in [-0.05, 0) is 45.4 Å². The highest BCUT2D eigenvalue weighted by atomic mass is 32.1. The topological polar surface area (TPSA) is 90.4 Å². The number of nitrogens with zero attached hydrogens (tertiary/aromatic N) is 2. The molecule has 1 aromatic carbocycles. The Kier molecular flexibility index (Phi) is 7.31. The second-order valence-electron chi connectivity index (χ2n) is 8.46. The van der Waals surface area contributed by atoms with Gasteiger partial charge >= 0.3 is 11.9 Å². The summed E-state index contributed by atoms with van der Waals surface area (Å²) < 4.78 is 11.0. The first-order chi connectivity index (χ1) is 16.9. The zero-order valence-corrected chi connectivity index (χ0v) is 21.1. The number of carbonyl (C=O) groups excluding carboxylic acids is 2. The van der Waals surface area contributed by atoms with Crippen LogP contribution in [0.3, 0.4) is 0 Å². The first-order valence-electron chi connectivity index (χ1n) is 11.7. The Hall–Kier alpha value is -3.52. The maximum absolute atomic E-state index is 13.6. The van der Waals surface area contributed by atoms with Gasteiger partial charge in [0.05, 0.1) is 36.1 Å². The van der Waals surface area contributed by atoms with Crippen LogP contribution < -0.4 is 5.32 Å². The summed E-state index contributed by atoms with van der Waals surface area (Å²) in [5, 5.41) is 6.10.